The van der Waals surface area contributed by atoms with Crippen LogP contribution in [0, 0.1) is 0 Å². The van der Waals surface area contributed by atoms with Crippen LogP contribution in [0.3, 0.4) is 0 Å². The molecule has 0 aromatic rings. The molecule has 75 heavy (non-hydrogen) atoms. The molecule has 2 aliphatic rings. The van der Waals surface area contributed by atoms with Crippen molar-refractivity contribution in [3.63, 3.8) is 0 Å². The Morgan fingerprint density at radius 2 is 0.960 bits per heavy atom. The molecular weight excluding hydrogens is 999 g/mol. The lowest BCUT2D eigenvalue weighted by Gasteiger charge is -2.22. The van der Waals surface area contributed by atoms with Crippen LogP contribution in [0.2, 0.25) is 0 Å². The molecule has 2 heterocycles. The average molecular weight is 1080 g/mol. The Kier molecular flexibility index (Phi) is 36.4. The van der Waals surface area contributed by atoms with Crippen LogP contribution in [0.5, 0.6) is 0 Å². The zero-order chi connectivity index (χ0) is 54.9. The molecule has 1 fully saturated rings. The largest absolute Gasteiger partial charge is 0.382 e. The van der Waals surface area contributed by atoms with Gasteiger partial charge in [-0.3, -0.25) is 48.1 Å². The maximum atomic E-state index is 13.4. The number of imide groups is 2. The smallest absolute Gasteiger partial charge is 0.352 e. The van der Waals surface area contributed by atoms with E-state index < -0.39 is 77.9 Å². The highest BCUT2D eigenvalue weighted by Gasteiger charge is 2.33. The van der Waals surface area contributed by atoms with E-state index in [2.05, 4.69) is 26.6 Å². The number of amides is 9. The van der Waals surface area contributed by atoms with E-state index in [1.165, 1.54) is 13.8 Å². The van der Waals surface area contributed by atoms with Gasteiger partial charge in [-0.2, -0.15) is 0 Å². The summed E-state index contributed by atoms with van der Waals surface area (Å²) in [7, 11) is 1.62. The van der Waals surface area contributed by atoms with Crippen molar-refractivity contribution >= 4 is 59.1 Å². The van der Waals surface area contributed by atoms with E-state index in [4.69, 9.17) is 52.2 Å². The summed E-state index contributed by atoms with van der Waals surface area (Å²) < 4.78 is 53.7. The van der Waals surface area contributed by atoms with Gasteiger partial charge in [-0.15, -0.1) is 5.06 Å². The Labute approximate surface area is 436 Å². The van der Waals surface area contributed by atoms with Crippen molar-refractivity contribution in [2.75, 3.05) is 152 Å². The van der Waals surface area contributed by atoms with Crippen molar-refractivity contribution in [1.82, 2.24) is 36.5 Å². The number of nitrogens with zero attached hydrogens (tertiary/aromatic N) is 2. The number of ether oxygens (including phenoxy) is 10. The summed E-state index contributed by atoms with van der Waals surface area (Å²) in [5.74, 6) is -6.73. The Balaban J connectivity index is 1.54. The number of hydrogen-bond donors (Lipinski definition) is 5. The quantitative estimate of drug-likeness (QED) is 0.0299. The van der Waals surface area contributed by atoms with Crippen molar-refractivity contribution in [2.45, 2.75) is 76.9 Å². The van der Waals surface area contributed by atoms with Crippen molar-refractivity contribution in [2.24, 2.45) is 0 Å². The Bertz CT molecular complexity index is 1760. The van der Waals surface area contributed by atoms with Gasteiger partial charge in [-0.1, -0.05) is 0 Å². The Morgan fingerprint density at radius 3 is 1.44 bits per heavy atom. The minimum atomic E-state index is -1.21. The van der Waals surface area contributed by atoms with E-state index in [-0.39, 0.29) is 70.9 Å². The van der Waals surface area contributed by atoms with Gasteiger partial charge in [0.2, 0.25) is 29.5 Å². The monoisotopic (exact) mass is 1080 g/mol. The standard InChI is InChI=1S/C47H77N7O21/c1-35(45(62)49-33-44(61)75-54-42(59)11-12-43(54)60)50-46(63)36(2)51-47(64)37(52-38(55)8-6-14-53-40(57)9-10-41(53)58)7-4-5-13-48-39(56)34-74-32-31-73-30-29-72-28-27-71-26-25-70-24-23-69-22-21-68-20-19-67-18-17-66-16-15-65-3/h9-10,35-37H,4-8,11-34H2,1-3H3,(H,48,56)(H,49,62)(H,50,63)(H,51,64)(H,52,55)/t35-,36-,37-/m0/s1. The van der Waals surface area contributed by atoms with Gasteiger partial charge < -0.3 is 78.8 Å². The van der Waals surface area contributed by atoms with Crippen LogP contribution in [-0.4, -0.2) is 239 Å². The van der Waals surface area contributed by atoms with E-state index in [9.17, 15) is 47.9 Å². The highest BCUT2D eigenvalue weighted by atomic mass is 16.7. The molecule has 0 aromatic heterocycles. The summed E-state index contributed by atoms with van der Waals surface area (Å²) in [6.07, 6.45) is 2.87. The zero-order valence-electron chi connectivity index (χ0n) is 43.4. The molecule has 1 saturated heterocycles. The predicted molar refractivity (Wildman–Crippen MR) is 259 cm³/mol. The van der Waals surface area contributed by atoms with E-state index >= 15 is 0 Å². The molecule has 0 saturated carbocycles. The number of unbranched alkanes of at least 4 members (excludes halogenated alkanes) is 1. The zero-order valence-corrected chi connectivity index (χ0v) is 43.4. The summed E-state index contributed by atoms with van der Waals surface area (Å²) in [6, 6.07) is -3.55. The lowest BCUT2D eigenvalue weighted by atomic mass is 10.1. The van der Waals surface area contributed by atoms with Gasteiger partial charge in [0, 0.05) is 51.6 Å². The van der Waals surface area contributed by atoms with E-state index in [1.807, 2.05) is 0 Å². The molecule has 2 rings (SSSR count). The number of nitrogens with one attached hydrogen (secondary N) is 5. The second kappa shape index (κ2) is 41.7. The number of carbonyl (C=O) groups is 10. The molecule has 2 aliphatic heterocycles. The number of carbonyl (C=O) groups excluding carboxylic acids is 10. The third kappa shape index (κ3) is 31.8. The molecule has 0 bridgehead atoms. The first-order valence-electron chi connectivity index (χ1n) is 25.0. The molecule has 28 heteroatoms. The van der Waals surface area contributed by atoms with Gasteiger partial charge in [-0.05, 0) is 39.5 Å². The van der Waals surface area contributed by atoms with Gasteiger partial charge in [0.1, 0.15) is 31.3 Å². The molecule has 9 amide bonds. The van der Waals surface area contributed by atoms with Gasteiger partial charge >= 0.3 is 5.97 Å². The Hall–Kier alpha value is -5.56. The number of hydrogen-bond acceptors (Lipinski definition) is 21. The topological polar surface area (TPSA) is 339 Å². The number of hydroxylamine groups is 2. The fourth-order valence-electron chi connectivity index (χ4n) is 6.29. The summed E-state index contributed by atoms with van der Waals surface area (Å²) in [5, 5.41) is 12.8. The van der Waals surface area contributed by atoms with Crippen molar-refractivity contribution in [3.8, 4) is 0 Å². The van der Waals surface area contributed by atoms with Crippen molar-refractivity contribution < 1.29 is 100 Å². The predicted octanol–water partition coefficient (Wildman–Crippen LogP) is -3.01. The third-order valence-electron chi connectivity index (χ3n) is 10.3. The first kappa shape index (κ1) is 65.6. The molecule has 28 nitrogen and oxygen atoms in total. The van der Waals surface area contributed by atoms with Crippen molar-refractivity contribution in [1.29, 1.82) is 0 Å². The fourth-order valence-corrected chi connectivity index (χ4v) is 6.29. The third-order valence-corrected chi connectivity index (χ3v) is 10.3. The normalized spacial score (nSPS) is 14.5. The first-order chi connectivity index (χ1) is 36.2. The molecular formula is C47H77N7O21. The minimum absolute atomic E-state index is 0.0133. The minimum Gasteiger partial charge on any atom is -0.382 e. The first-order valence-corrected chi connectivity index (χ1v) is 25.0. The molecule has 5 N–H and O–H groups in total. The molecule has 0 spiro atoms. The molecule has 0 aromatic carbocycles. The number of rotatable bonds is 47. The highest BCUT2D eigenvalue weighted by molar-refractivity contribution is 6.12. The summed E-state index contributed by atoms with van der Waals surface area (Å²) >= 11 is 0. The van der Waals surface area contributed by atoms with E-state index in [0.717, 1.165) is 17.1 Å². The van der Waals surface area contributed by atoms with Crippen LogP contribution < -0.4 is 26.6 Å². The summed E-state index contributed by atoms with van der Waals surface area (Å²) in [5.41, 5.74) is 0. The van der Waals surface area contributed by atoms with Crippen LogP contribution in [0.1, 0.15) is 58.8 Å². The van der Waals surface area contributed by atoms with Gasteiger partial charge in [-0.25, -0.2) is 4.79 Å². The molecule has 426 valence electrons. The average Bonchev–Trinajstić information content (AvgIpc) is 3.88. The van der Waals surface area contributed by atoms with E-state index in [0.29, 0.717) is 124 Å². The molecule has 0 unspecified atom stereocenters. The lowest BCUT2D eigenvalue weighted by Crippen LogP contribution is -2.55. The molecule has 3 atom stereocenters. The second-order valence-electron chi connectivity index (χ2n) is 16.4. The van der Waals surface area contributed by atoms with Crippen LogP contribution in [0.4, 0.5) is 0 Å². The van der Waals surface area contributed by atoms with Gasteiger partial charge in [0.15, 0.2) is 0 Å². The molecule has 0 aliphatic carbocycles. The van der Waals surface area contributed by atoms with Gasteiger partial charge in [0.25, 0.3) is 23.6 Å². The number of methoxy groups -OCH3 is 1. The van der Waals surface area contributed by atoms with Crippen LogP contribution in [0.15, 0.2) is 12.2 Å². The highest BCUT2D eigenvalue weighted by Crippen LogP contribution is 2.12. The Morgan fingerprint density at radius 1 is 0.520 bits per heavy atom. The lowest BCUT2D eigenvalue weighted by molar-refractivity contribution is -0.196. The van der Waals surface area contributed by atoms with Gasteiger partial charge in [0.05, 0.1) is 119 Å². The van der Waals surface area contributed by atoms with Crippen LogP contribution >= 0.6 is 0 Å². The van der Waals surface area contributed by atoms with Crippen LogP contribution in [0.25, 0.3) is 0 Å². The summed E-state index contributed by atoms with van der Waals surface area (Å²) in [4.78, 5) is 129. The SMILES string of the molecule is COCCOCCOCCOCCOCCOCCOCCOCCOCCOCC(=O)NCCCC[C@H](NC(=O)CCCN1C(=O)C=CC1=O)C(=O)N[C@@H](C)C(=O)N[C@@H](C)C(=O)NCC(=O)ON1C(=O)CCC1=O. The van der Waals surface area contributed by atoms with Crippen molar-refractivity contribution in [3.05, 3.63) is 12.2 Å². The van der Waals surface area contributed by atoms with E-state index in [1.54, 1.807) is 7.11 Å². The fraction of sp³-hybridized carbons (Fsp3) is 0.745. The van der Waals surface area contributed by atoms with Crippen LogP contribution in [-0.2, 0) is 100 Å². The maximum absolute atomic E-state index is 13.4. The molecule has 0 radical (unpaired) electrons. The second-order valence-corrected chi connectivity index (χ2v) is 16.4. The maximum Gasteiger partial charge on any atom is 0.352 e. The summed E-state index contributed by atoms with van der Waals surface area (Å²) in [6.45, 7) is 9.57.